The van der Waals surface area contributed by atoms with E-state index in [2.05, 4.69) is 34.8 Å². The van der Waals surface area contributed by atoms with Gasteiger partial charge in [-0.15, -0.1) is 0 Å². The molecule has 0 unspecified atom stereocenters. The fourth-order valence-electron chi connectivity index (χ4n) is 2.90. The highest BCUT2D eigenvalue weighted by Gasteiger charge is 2.19. The van der Waals surface area contributed by atoms with Gasteiger partial charge in [0.15, 0.2) is 0 Å². The van der Waals surface area contributed by atoms with Gasteiger partial charge in [-0.3, -0.25) is 4.98 Å². The SMILES string of the molecule is CCc1nccc(-c2ccc(C(C)(C)C#N)cc2)c1C#Cc1ccc(N)nc1. The van der Waals surface area contributed by atoms with E-state index in [1.807, 2.05) is 56.4 Å². The van der Waals surface area contributed by atoms with Crippen LogP contribution in [0.2, 0.25) is 0 Å². The minimum atomic E-state index is -0.518. The Bertz CT molecular complexity index is 1080. The van der Waals surface area contributed by atoms with Gasteiger partial charge in [-0.2, -0.15) is 5.26 Å². The van der Waals surface area contributed by atoms with Crippen molar-refractivity contribution in [1.29, 1.82) is 5.26 Å². The fourth-order valence-corrected chi connectivity index (χ4v) is 2.90. The van der Waals surface area contributed by atoms with Crippen molar-refractivity contribution in [2.75, 3.05) is 5.73 Å². The van der Waals surface area contributed by atoms with E-state index in [-0.39, 0.29) is 0 Å². The summed E-state index contributed by atoms with van der Waals surface area (Å²) in [5.41, 5.74) is 10.9. The number of nitrogens with zero attached hydrogens (tertiary/aromatic N) is 3. The van der Waals surface area contributed by atoms with Crippen LogP contribution >= 0.6 is 0 Å². The molecule has 3 rings (SSSR count). The second kappa shape index (κ2) is 7.94. The number of aromatic nitrogens is 2. The van der Waals surface area contributed by atoms with Gasteiger partial charge in [-0.05, 0) is 49.6 Å². The molecule has 0 aliphatic carbocycles. The molecule has 28 heavy (non-hydrogen) atoms. The van der Waals surface area contributed by atoms with Crippen molar-refractivity contribution >= 4 is 5.82 Å². The number of nitriles is 1. The van der Waals surface area contributed by atoms with Gasteiger partial charge in [-0.1, -0.05) is 43.0 Å². The van der Waals surface area contributed by atoms with E-state index < -0.39 is 5.41 Å². The molecule has 4 heteroatoms. The predicted octanol–water partition coefficient (Wildman–Crippen LogP) is 4.49. The molecule has 2 aromatic heterocycles. The Balaban J connectivity index is 2.06. The molecule has 0 aliphatic heterocycles. The second-order valence-corrected chi connectivity index (χ2v) is 7.07. The quantitative estimate of drug-likeness (QED) is 0.693. The lowest BCUT2D eigenvalue weighted by Crippen LogP contribution is -2.13. The molecule has 1 aromatic carbocycles. The van der Waals surface area contributed by atoms with Gasteiger partial charge in [-0.25, -0.2) is 4.98 Å². The van der Waals surface area contributed by atoms with Gasteiger partial charge in [0.25, 0.3) is 0 Å². The zero-order chi connectivity index (χ0) is 20.1. The molecule has 4 nitrogen and oxygen atoms in total. The van der Waals surface area contributed by atoms with Crippen LogP contribution < -0.4 is 5.73 Å². The van der Waals surface area contributed by atoms with Crippen LogP contribution in [-0.4, -0.2) is 9.97 Å². The zero-order valence-corrected chi connectivity index (χ0v) is 16.3. The lowest BCUT2D eigenvalue weighted by Gasteiger charge is -2.16. The first-order valence-electron chi connectivity index (χ1n) is 9.18. The van der Waals surface area contributed by atoms with Crippen molar-refractivity contribution in [3.63, 3.8) is 0 Å². The molecular formula is C24H22N4. The minimum Gasteiger partial charge on any atom is -0.384 e. The third-order valence-corrected chi connectivity index (χ3v) is 4.68. The second-order valence-electron chi connectivity index (χ2n) is 7.07. The highest BCUT2D eigenvalue weighted by atomic mass is 14.8. The molecule has 0 atom stereocenters. The lowest BCUT2D eigenvalue weighted by atomic mass is 9.85. The molecular weight excluding hydrogens is 344 g/mol. The summed E-state index contributed by atoms with van der Waals surface area (Å²) in [6, 6.07) is 16.0. The lowest BCUT2D eigenvalue weighted by molar-refractivity contribution is 0.687. The molecule has 0 bridgehead atoms. The number of pyridine rings is 2. The molecule has 0 saturated carbocycles. The Kier molecular flexibility index (Phi) is 5.43. The number of rotatable bonds is 3. The average molecular weight is 366 g/mol. The summed E-state index contributed by atoms with van der Waals surface area (Å²) in [5, 5.41) is 9.35. The van der Waals surface area contributed by atoms with Crippen molar-refractivity contribution in [2.24, 2.45) is 0 Å². The van der Waals surface area contributed by atoms with Gasteiger partial charge >= 0.3 is 0 Å². The number of anilines is 1. The molecule has 0 fully saturated rings. The standard InChI is InChI=1S/C24H22N4/c1-4-22-21(11-5-17-6-12-23(26)28-15-17)20(13-14-27-22)18-7-9-19(10-8-18)24(2,3)16-25/h6-10,12-15H,4H2,1-3H3,(H2,26,28). The number of nitrogen functional groups attached to an aromatic ring is 1. The van der Waals surface area contributed by atoms with Crippen molar-refractivity contribution in [1.82, 2.24) is 9.97 Å². The predicted molar refractivity (Wildman–Crippen MR) is 112 cm³/mol. The summed E-state index contributed by atoms with van der Waals surface area (Å²) in [6.07, 6.45) is 4.28. The number of hydrogen-bond donors (Lipinski definition) is 1. The molecule has 2 N–H and O–H groups in total. The number of benzene rings is 1. The minimum absolute atomic E-state index is 0.474. The third kappa shape index (κ3) is 4.03. The summed E-state index contributed by atoms with van der Waals surface area (Å²) in [5.74, 6) is 6.92. The van der Waals surface area contributed by atoms with Crippen LogP contribution in [0.4, 0.5) is 5.82 Å². The Morgan fingerprint density at radius 2 is 1.75 bits per heavy atom. The maximum atomic E-state index is 9.35. The van der Waals surface area contributed by atoms with Crippen LogP contribution in [0.1, 0.15) is 43.2 Å². The molecule has 0 radical (unpaired) electrons. The van der Waals surface area contributed by atoms with Gasteiger partial charge in [0.1, 0.15) is 5.82 Å². The van der Waals surface area contributed by atoms with E-state index >= 15 is 0 Å². The van der Waals surface area contributed by atoms with Crippen LogP contribution in [0.5, 0.6) is 0 Å². The number of aryl methyl sites for hydroxylation is 1. The first-order chi connectivity index (χ1) is 13.4. The fraction of sp³-hybridized carbons (Fsp3) is 0.208. The summed E-state index contributed by atoms with van der Waals surface area (Å²) in [4.78, 5) is 8.59. The largest absolute Gasteiger partial charge is 0.384 e. The van der Waals surface area contributed by atoms with E-state index in [9.17, 15) is 5.26 Å². The van der Waals surface area contributed by atoms with Crippen LogP contribution in [0.25, 0.3) is 11.1 Å². The maximum Gasteiger partial charge on any atom is 0.123 e. The van der Waals surface area contributed by atoms with Crippen LogP contribution in [0.15, 0.2) is 54.9 Å². The zero-order valence-electron chi connectivity index (χ0n) is 16.3. The van der Waals surface area contributed by atoms with E-state index in [0.29, 0.717) is 5.82 Å². The van der Waals surface area contributed by atoms with Gasteiger partial charge in [0.2, 0.25) is 0 Å². The Morgan fingerprint density at radius 3 is 2.36 bits per heavy atom. The molecule has 0 spiro atoms. The summed E-state index contributed by atoms with van der Waals surface area (Å²) >= 11 is 0. The van der Waals surface area contributed by atoms with Crippen molar-refractivity contribution in [3.05, 3.63) is 77.2 Å². The van der Waals surface area contributed by atoms with Crippen LogP contribution in [0.3, 0.4) is 0 Å². The number of hydrogen-bond acceptors (Lipinski definition) is 4. The molecule has 0 amide bonds. The topological polar surface area (TPSA) is 75.6 Å². The molecule has 0 aliphatic rings. The van der Waals surface area contributed by atoms with Gasteiger partial charge in [0.05, 0.1) is 22.7 Å². The van der Waals surface area contributed by atoms with E-state index in [4.69, 9.17) is 5.73 Å². The van der Waals surface area contributed by atoms with Crippen molar-refractivity contribution in [3.8, 4) is 29.0 Å². The normalized spacial score (nSPS) is 10.6. The highest BCUT2D eigenvalue weighted by Crippen LogP contribution is 2.29. The highest BCUT2D eigenvalue weighted by molar-refractivity contribution is 5.72. The number of nitrogens with two attached hydrogens (primary N) is 1. The van der Waals surface area contributed by atoms with Crippen molar-refractivity contribution in [2.45, 2.75) is 32.6 Å². The van der Waals surface area contributed by atoms with Crippen LogP contribution in [-0.2, 0) is 11.8 Å². The summed E-state index contributed by atoms with van der Waals surface area (Å²) in [6.45, 7) is 5.91. The van der Waals surface area contributed by atoms with Gasteiger partial charge in [0, 0.05) is 23.5 Å². The van der Waals surface area contributed by atoms with E-state index in [1.54, 1.807) is 12.3 Å². The first kappa shape index (κ1) is 19.1. The molecule has 138 valence electrons. The molecule has 3 aromatic rings. The van der Waals surface area contributed by atoms with Crippen molar-refractivity contribution < 1.29 is 0 Å². The van der Waals surface area contributed by atoms with E-state index in [0.717, 1.165) is 39.9 Å². The van der Waals surface area contributed by atoms with Gasteiger partial charge < -0.3 is 5.73 Å². The smallest absolute Gasteiger partial charge is 0.123 e. The summed E-state index contributed by atoms with van der Waals surface area (Å²) < 4.78 is 0. The first-order valence-corrected chi connectivity index (χ1v) is 9.18. The van der Waals surface area contributed by atoms with E-state index in [1.165, 1.54) is 0 Å². The maximum absolute atomic E-state index is 9.35. The molecule has 0 saturated heterocycles. The summed E-state index contributed by atoms with van der Waals surface area (Å²) in [7, 11) is 0. The van der Waals surface area contributed by atoms with Crippen LogP contribution in [0, 0.1) is 23.2 Å². The Labute approximate surface area is 166 Å². The Morgan fingerprint density at radius 1 is 1.00 bits per heavy atom. The molecule has 2 heterocycles. The third-order valence-electron chi connectivity index (χ3n) is 4.68. The monoisotopic (exact) mass is 366 g/mol. The Hall–Kier alpha value is -3.63. The average Bonchev–Trinajstić information content (AvgIpc) is 2.73.